The van der Waals surface area contributed by atoms with Gasteiger partial charge in [-0.2, -0.15) is 0 Å². The van der Waals surface area contributed by atoms with Gasteiger partial charge in [0.15, 0.2) is 0 Å². The second kappa shape index (κ2) is 4.87. The molecule has 1 amide bonds. The van der Waals surface area contributed by atoms with Crippen LogP contribution in [0.15, 0.2) is 43.1 Å². The highest BCUT2D eigenvalue weighted by Crippen LogP contribution is 2.19. The number of nitrogens with zero attached hydrogens (tertiary/aromatic N) is 1. The standard InChI is InChI=1S/C14H16N2O/c1-3-9-16(4-2)14(17)12-10-15-13-8-6-5-7-11(12)13/h3,5-8,10,15H,1,4,9H2,2H3. The molecule has 88 valence electrons. The van der Waals surface area contributed by atoms with Crippen LogP contribution in [0, 0.1) is 0 Å². The Hall–Kier alpha value is -2.03. The van der Waals surface area contributed by atoms with Crippen molar-refractivity contribution in [1.29, 1.82) is 0 Å². The molecule has 1 N–H and O–H groups in total. The summed E-state index contributed by atoms with van der Waals surface area (Å²) in [5, 5.41) is 0.972. The number of benzene rings is 1. The zero-order valence-corrected chi connectivity index (χ0v) is 9.94. The van der Waals surface area contributed by atoms with Gasteiger partial charge in [0.2, 0.25) is 0 Å². The lowest BCUT2D eigenvalue weighted by molar-refractivity contribution is 0.0784. The number of aromatic amines is 1. The predicted octanol–water partition coefficient (Wildman–Crippen LogP) is 2.82. The van der Waals surface area contributed by atoms with E-state index in [0.717, 1.165) is 16.5 Å². The second-order valence-corrected chi connectivity index (χ2v) is 3.88. The van der Waals surface area contributed by atoms with Crippen molar-refractivity contribution in [2.75, 3.05) is 13.1 Å². The average Bonchev–Trinajstić information content (AvgIpc) is 2.79. The largest absolute Gasteiger partial charge is 0.360 e. The van der Waals surface area contributed by atoms with Crippen LogP contribution in [0.1, 0.15) is 17.3 Å². The number of hydrogen-bond donors (Lipinski definition) is 1. The van der Waals surface area contributed by atoms with Gasteiger partial charge in [0.1, 0.15) is 0 Å². The summed E-state index contributed by atoms with van der Waals surface area (Å²) in [5.74, 6) is 0.0462. The van der Waals surface area contributed by atoms with Gasteiger partial charge in [0.05, 0.1) is 5.56 Å². The fourth-order valence-electron chi connectivity index (χ4n) is 1.93. The summed E-state index contributed by atoms with van der Waals surface area (Å²) >= 11 is 0. The first kappa shape index (κ1) is 11.5. The third-order valence-corrected chi connectivity index (χ3v) is 2.84. The van der Waals surface area contributed by atoms with Crippen LogP contribution in [0.25, 0.3) is 10.9 Å². The maximum absolute atomic E-state index is 12.3. The molecule has 3 heteroatoms. The topological polar surface area (TPSA) is 36.1 Å². The van der Waals surface area contributed by atoms with Crippen molar-refractivity contribution in [2.45, 2.75) is 6.92 Å². The summed E-state index contributed by atoms with van der Waals surface area (Å²) in [6, 6.07) is 7.82. The van der Waals surface area contributed by atoms with Crippen LogP contribution in [0.4, 0.5) is 0 Å². The van der Waals surface area contributed by atoms with Gasteiger partial charge >= 0.3 is 0 Å². The van der Waals surface area contributed by atoms with Crippen LogP contribution in [0.2, 0.25) is 0 Å². The molecule has 0 aliphatic carbocycles. The molecule has 1 aromatic carbocycles. The molecule has 2 rings (SSSR count). The second-order valence-electron chi connectivity index (χ2n) is 3.88. The van der Waals surface area contributed by atoms with E-state index >= 15 is 0 Å². The summed E-state index contributed by atoms with van der Waals surface area (Å²) in [4.78, 5) is 17.2. The Kier molecular flexibility index (Phi) is 3.28. The van der Waals surface area contributed by atoms with E-state index in [-0.39, 0.29) is 5.91 Å². The molecule has 17 heavy (non-hydrogen) atoms. The molecular formula is C14H16N2O. The Morgan fingerprint density at radius 3 is 2.94 bits per heavy atom. The fraction of sp³-hybridized carbons (Fsp3) is 0.214. The number of carbonyl (C=O) groups excluding carboxylic acids is 1. The molecule has 0 aliphatic heterocycles. The lowest BCUT2D eigenvalue weighted by Crippen LogP contribution is -2.30. The first-order valence-electron chi connectivity index (χ1n) is 5.74. The molecule has 0 fully saturated rings. The van der Waals surface area contributed by atoms with E-state index in [9.17, 15) is 4.79 Å². The van der Waals surface area contributed by atoms with Crippen molar-refractivity contribution >= 4 is 16.8 Å². The molecule has 1 aromatic heterocycles. The molecule has 0 atom stereocenters. The van der Waals surface area contributed by atoms with E-state index < -0.39 is 0 Å². The summed E-state index contributed by atoms with van der Waals surface area (Å²) in [6.07, 6.45) is 3.52. The third-order valence-electron chi connectivity index (χ3n) is 2.84. The quantitative estimate of drug-likeness (QED) is 0.802. The van der Waals surface area contributed by atoms with Gasteiger partial charge in [0, 0.05) is 30.2 Å². The van der Waals surface area contributed by atoms with Crippen molar-refractivity contribution in [1.82, 2.24) is 9.88 Å². The number of aromatic nitrogens is 1. The Morgan fingerprint density at radius 1 is 1.47 bits per heavy atom. The monoisotopic (exact) mass is 228 g/mol. The first-order chi connectivity index (χ1) is 8.27. The maximum Gasteiger partial charge on any atom is 0.256 e. The maximum atomic E-state index is 12.3. The fourth-order valence-corrected chi connectivity index (χ4v) is 1.93. The van der Waals surface area contributed by atoms with Crippen LogP contribution in [0.5, 0.6) is 0 Å². The lowest BCUT2D eigenvalue weighted by atomic mass is 10.1. The molecule has 0 spiro atoms. The Labute approximate surface area is 101 Å². The molecule has 0 bridgehead atoms. The van der Waals surface area contributed by atoms with Crippen molar-refractivity contribution in [3.8, 4) is 0 Å². The molecule has 0 aliphatic rings. The normalized spacial score (nSPS) is 10.4. The SMILES string of the molecule is C=CCN(CC)C(=O)c1c[nH]c2ccccc12. The number of rotatable bonds is 4. The smallest absolute Gasteiger partial charge is 0.256 e. The number of nitrogens with one attached hydrogen (secondary N) is 1. The van der Waals surface area contributed by atoms with Crippen molar-refractivity contribution < 1.29 is 4.79 Å². The van der Waals surface area contributed by atoms with Crippen LogP contribution in [-0.2, 0) is 0 Å². The molecule has 0 saturated carbocycles. The molecule has 0 saturated heterocycles. The number of para-hydroxylation sites is 1. The van der Waals surface area contributed by atoms with Gasteiger partial charge in [-0.05, 0) is 13.0 Å². The van der Waals surface area contributed by atoms with Crippen molar-refractivity contribution in [3.05, 3.63) is 48.7 Å². The minimum atomic E-state index is 0.0462. The molecule has 3 nitrogen and oxygen atoms in total. The number of fused-ring (bicyclic) bond motifs is 1. The number of amides is 1. The zero-order chi connectivity index (χ0) is 12.3. The van der Waals surface area contributed by atoms with E-state index in [1.54, 1.807) is 17.2 Å². The summed E-state index contributed by atoms with van der Waals surface area (Å²) in [5.41, 5.74) is 1.72. The highest BCUT2D eigenvalue weighted by molar-refractivity contribution is 6.06. The summed E-state index contributed by atoms with van der Waals surface area (Å²) in [6.45, 7) is 6.90. The van der Waals surface area contributed by atoms with Crippen LogP contribution < -0.4 is 0 Å². The zero-order valence-electron chi connectivity index (χ0n) is 9.94. The minimum absolute atomic E-state index is 0.0462. The Balaban J connectivity index is 2.39. The highest BCUT2D eigenvalue weighted by atomic mass is 16.2. The van der Waals surface area contributed by atoms with E-state index in [1.807, 2.05) is 31.2 Å². The van der Waals surface area contributed by atoms with Gasteiger partial charge in [-0.15, -0.1) is 6.58 Å². The van der Waals surface area contributed by atoms with Gasteiger partial charge in [-0.3, -0.25) is 4.79 Å². The number of likely N-dealkylation sites (N-methyl/N-ethyl adjacent to an activating group) is 1. The minimum Gasteiger partial charge on any atom is -0.360 e. The van der Waals surface area contributed by atoms with Crippen LogP contribution in [-0.4, -0.2) is 28.9 Å². The highest BCUT2D eigenvalue weighted by Gasteiger charge is 2.16. The molecule has 0 radical (unpaired) electrons. The van der Waals surface area contributed by atoms with Gasteiger partial charge < -0.3 is 9.88 Å². The summed E-state index contributed by atoms with van der Waals surface area (Å²) in [7, 11) is 0. The van der Waals surface area contributed by atoms with E-state index in [2.05, 4.69) is 11.6 Å². The molecule has 2 aromatic rings. The van der Waals surface area contributed by atoms with Gasteiger partial charge in [0.25, 0.3) is 5.91 Å². The third kappa shape index (κ3) is 2.09. The Morgan fingerprint density at radius 2 is 2.24 bits per heavy atom. The van der Waals surface area contributed by atoms with Gasteiger partial charge in [-0.25, -0.2) is 0 Å². The molecule has 1 heterocycles. The number of hydrogen-bond acceptors (Lipinski definition) is 1. The lowest BCUT2D eigenvalue weighted by Gasteiger charge is -2.18. The van der Waals surface area contributed by atoms with E-state index in [0.29, 0.717) is 13.1 Å². The number of carbonyl (C=O) groups is 1. The van der Waals surface area contributed by atoms with E-state index in [1.165, 1.54) is 0 Å². The summed E-state index contributed by atoms with van der Waals surface area (Å²) < 4.78 is 0. The molecule has 0 unspecified atom stereocenters. The predicted molar refractivity (Wildman–Crippen MR) is 70.1 cm³/mol. The van der Waals surface area contributed by atoms with Crippen LogP contribution in [0.3, 0.4) is 0 Å². The van der Waals surface area contributed by atoms with Gasteiger partial charge in [-0.1, -0.05) is 24.3 Å². The van der Waals surface area contributed by atoms with Crippen molar-refractivity contribution in [3.63, 3.8) is 0 Å². The van der Waals surface area contributed by atoms with Crippen LogP contribution >= 0.6 is 0 Å². The van der Waals surface area contributed by atoms with E-state index in [4.69, 9.17) is 0 Å². The first-order valence-corrected chi connectivity index (χ1v) is 5.74. The Bertz CT molecular complexity index is 542. The van der Waals surface area contributed by atoms with Crippen molar-refractivity contribution in [2.24, 2.45) is 0 Å². The average molecular weight is 228 g/mol. The number of H-pyrrole nitrogens is 1. The molecular weight excluding hydrogens is 212 g/mol.